The third-order valence-electron chi connectivity index (χ3n) is 3.94. The SMILES string of the molecule is CCOC(=O)c1cnn(-c2cccnn2)c1S(=O)(=O)NC(=O)Nc1cc(OC)cc(OC)n1. The van der Waals surface area contributed by atoms with Gasteiger partial charge >= 0.3 is 12.0 Å². The first-order valence-corrected chi connectivity index (χ1v) is 10.7. The number of carbonyl (C=O) groups excluding carboxylic acids is 2. The van der Waals surface area contributed by atoms with Gasteiger partial charge in [-0.25, -0.2) is 14.3 Å². The van der Waals surface area contributed by atoms with E-state index in [1.165, 1.54) is 44.7 Å². The molecule has 174 valence electrons. The van der Waals surface area contributed by atoms with E-state index < -0.39 is 32.6 Å². The summed E-state index contributed by atoms with van der Waals surface area (Å²) in [5, 5.41) is 13.0. The zero-order valence-corrected chi connectivity index (χ0v) is 18.5. The largest absolute Gasteiger partial charge is 0.496 e. The average molecular weight is 477 g/mol. The molecule has 0 atom stereocenters. The Morgan fingerprint density at radius 2 is 1.97 bits per heavy atom. The second-order valence-electron chi connectivity index (χ2n) is 6.07. The summed E-state index contributed by atoms with van der Waals surface area (Å²) < 4.78 is 43.9. The molecule has 3 heterocycles. The molecule has 0 radical (unpaired) electrons. The third-order valence-corrected chi connectivity index (χ3v) is 5.30. The predicted octanol–water partition coefficient (Wildman–Crippen LogP) is 0.762. The number of urea groups is 1. The van der Waals surface area contributed by atoms with E-state index in [0.29, 0.717) is 5.75 Å². The Kier molecular flexibility index (Phi) is 7.02. The standard InChI is InChI=1S/C18H19N7O7S/c1-4-32-17(26)12-10-20-25(14-6-5-7-19-23-14)16(12)33(28,29)24-18(27)22-13-8-11(30-2)9-15(21-13)31-3/h5-10H,4H2,1-3H3,(H2,21,22,24,27). The molecule has 0 aliphatic rings. The van der Waals surface area contributed by atoms with Crippen LogP contribution in [0.15, 0.2) is 41.7 Å². The zero-order valence-electron chi connectivity index (χ0n) is 17.7. The lowest BCUT2D eigenvalue weighted by Crippen LogP contribution is -2.36. The molecule has 2 N–H and O–H groups in total. The van der Waals surface area contributed by atoms with Gasteiger partial charge in [-0.2, -0.15) is 28.3 Å². The second-order valence-corrected chi connectivity index (χ2v) is 7.67. The van der Waals surface area contributed by atoms with Gasteiger partial charge in [0.1, 0.15) is 17.1 Å². The van der Waals surface area contributed by atoms with Gasteiger partial charge < -0.3 is 14.2 Å². The highest BCUT2D eigenvalue weighted by molar-refractivity contribution is 7.90. The molecule has 0 fully saturated rings. The van der Waals surface area contributed by atoms with E-state index in [1.54, 1.807) is 6.92 Å². The van der Waals surface area contributed by atoms with Crippen molar-refractivity contribution in [2.45, 2.75) is 11.9 Å². The molecule has 0 aliphatic heterocycles. The lowest BCUT2D eigenvalue weighted by Gasteiger charge is -2.12. The summed E-state index contributed by atoms with van der Waals surface area (Å²) in [5.41, 5.74) is -0.399. The van der Waals surface area contributed by atoms with Crippen LogP contribution >= 0.6 is 0 Å². The number of nitrogens with zero attached hydrogens (tertiary/aromatic N) is 5. The van der Waals surface area contributed by atoms with Crippen LogP contribution in [0, 0.1) is 0 Å². The van der Waals surface area contributed by atoms with Gasteiger partial charge in [-0.1, -0.05) is 0 Å². The van der Waals surface area contributed by atoms with Gasteiger partial charge in [0, 0.05) is 18.3 Å². The van der Waals surface area contributed by atoms with Crippen LogP contribution in [0.4, 0.5) is 10.6 Å². The van der Waals surface area contributed by atoms with Crippen LogP contribution in [-0.4, -0.2) is 66.2 Å². The fraction of sp³-hybridized carbons (Fsp3) is 0.222. The molecule has 33 heavy (non-hydrogen) atoms. The first-order chi connectivity index (χ1) is 15.8. The van der Waals surface area contributed by atoms with E-state index in [2.05, 4.69) is 25.6 Å². The van der Waals surface area contributed by atoms with Crippen LogP contribution in [0.25, 0.3) is 5.82 Å². The van der Waals surface area contributed by atoms with Crippen molar-refractivity contribution in [2.24, 2.45) is 0 Å². The number of amides is 2. The predicted molar refractivity (Wildman–Crippen MR) is 112 cm³/mol. The Labute approximate surface area is 187 Å². The number of ether oxygens (including phenoxy) is 3. The molecule has 0 saturated heterocycles. The number of aromatic nitrogens is 5. The normalized spacial score (nSPS) is 10.9. The van der Waals surface area contributed by atoms with Crippen molar-refractivity contribution in [2.75, 3.05) is 26.1 Å². The summed E-state index contributed by atoms with van der Waals surface area (Å²) in [4.78, 5) is 28.8. The Hall–Kier alpha value is -4.27. The van der Waals surface area contributed by atoms with E-state index in [9.17, 15) is 18.0 Å². The third kappa shape index (κ3) is 5.32. The molecule has 0 bridgehead atoms. The molecule has 2 amide bonds. The van der Waals surface area contributed by atoms with Gasteiger partial charge in [-0.3, -0.25) is 5.32 Å². The fourth-order valence-corrected chi connectivity index (χ4v) is 3.78. The quantitative estimate of drug-likeness (QED) is 0.438. The van der Waals surface area contributed by atoms with Crippen molar-refractivity contribution in [3.8, 4) is 17.4 Å². The van der Waals surface area contributed by atoms with Crippen molar-refractivity contribution < 1.29 is 32.2 Å². The summed E-state index contributed by atoms with van der Waals surface area (Å²) in [5.74, 6) is -0.573. The van der Waals surface area contributed by atoms with E-state index in [4.69, 9.17) is 14.2 Å². The molecule has 14 nitrogen and oxygen atoms in total. The van der Waals surface area contributed by atoms with Gasteiger partial charge in [0.15, 0.2) is 10.8 Å². The zero-order chi connectivity index (χ0) is 24.0. The summed E-state index contributed by atoms with van der Waals surface area (Å²) in [7, 11) is -1.90. The average Bonchev–Trinajstić information content (AvgIpc) is 3.25. The van der Waals surface area contributed by atoms with Gasteiger partial charge in [-0.15, -0.1) is 5.10 Å². The molecule has 3 aromatic heterocycles. The first kappa shape index (κ1) is 23.4. The number of hydrogen-bond acceptors (Lipinski definition) is 11. The highest BCUT2D eigenvalue weighted by Gasteiger charge is 2.32. The van der Waals surface area contributed by atoms with Crippen LogP contribution in [0.5, 0.6) is 11.6 Å². The number of esters is 1. The maximum absolute atomic E-state index is 13.1. The van der Waals surface area contributed by atoms with Crippen LogP contribution in [0.3, 0.4) is 0 Å². The lowest BCUT2D eigenvalue weighted by molar-refractivity contribution is 0.0521. The molecule has 0 aromatic carbocycles. The lowest BCUT2D eigenvalue weighted by atomic mass is 10.4. The molecule has 3 rings (SSSR count). The number of rotatable bonds is 8. The monoisotopic (exact) mass is 477 g/mol. The molecule has 3 aromatic rings. The smallest absolute Gasteiger partial charge is 0.342 e. The van der Waals surface area contributed by atoms with Crippen LogP contribution < -0.4 is 19.5 Å². The van der Waals surface area contributed by atoms with Crippen molar-refractivity contribution in [3.05, 3.63) is 42.2 Å². The highest BCUT2D eigenvalue weighted by Crippen LogP contribution is 2.23. The molecule has 0 spiro atoms. The number of nitrogens with one attached hydrogen (secondary N) is 2. The minimum absolute atomic E-state index is 0.00645. The van der Waals surface area contributed by atoms with Crippen LogP contribution in [0.1, 0.15) is 17.3 Å². The van der Waals surface area contributed by atoms with E-state index in [0.717, 1.165) is 10.9 Å². The Bertz CT molecular complexity index is 1240. The van der Waals surface area contributed by atoms with Crippen LogP contribution in [0.2, 0.25) is 0 Å². The molecule has 0 saturated carbocycles. The van der Waals surface area contributed by atoms with Gasteiger partial charge in [0.25, 0.3) is 10.0 Å². The van der Waals surface area contributed by atoms with Crippen molar-refractivity contribution >= 4 is 27.8 Å². The first-order valence-electron chi connectivity index (χ1n) is 9.26. The van der Waals surface area contributed by atoms with Crippen molar-refractivity contribution in [3.63, 3.8) is 0 Å². The number of hydrogen-bond donors (Lipinski definition) is 2. The topological polar surface area (TPSA) is 177 Å². The van der Waals surface area contributed by atoms with Crippen LogP contribution in [-0.2, 0) is 14.8 Å². The van der Waals surface area contributed by atoms with E-state index in [-0.39, 0.29) is 24.1 Å². The van der Waals surface area contributed by atoms with Crippen molar-refractivity contribution in [1.82, 2.24) is 29.7 Å². The molecule has 15 heteroatoms. The molecule has 0 aliphatic carbocycles. The number of carbonyl (C=O) groups is 2. The second kappa shape index (κ2) is 9.90. The number of methoxy groups -OCH3 is 2. The number of anilines is 1. The van der Waals surface area contributed by atoms with Gasteiger partial charge in [0.05, 0.1) is 27.0 Å². The molecule has 0 unspecified atom stereocenters. The maximum Gasteiger partial charge on any atom is 0.342 e. The Morgan fingerprint density at radius 1 is 1.18 bits per heavy atom. The maximum atomic E-state index is 13.1. The van der Waals surface area contributed by atoms with E-state index in [1.807, 2.05) is 4.72 Å². The summed E-state index contributed by atoms with van der Waals surface area (Å²) in [6.07, 6.45) is 2.36. The van der Waals surface area contributed by atoms with Gasteiger partial charge in [0.2, 0.25) is 5.88 Å². The number of sulfonamides is 1. The molecular formula is C18H19N7O7S. The van der Waals surface area contributed by atoms with E-state index >= 15 is 0 Å². The number of pyridine rings is 1. The Balaban J connectivity index is 1.95. The summed E-state index contributed by atoms with van der Waals surface area (Å²) >= 11 is 0. The molecular weight excluding hydrogens is 458 g/mol. The minimum atomic E-state index is -4.66. The Morgan fingerprint density at radius 3 is 2.61 bits per heavy atom. The summed E-state index contributed by atoms with van der Waals surface area (Å²) in [6.45, 7) is 1.55. The fourth-order valence-electron chi connectivity index (χ4n) is 2.59. The van der Waals surface area contributed by atoms with Gasteiger partial charge in [-0.05, 0) is 19.1 Å². The minimum Gasteiger partial charge on any atom is -0.496 e. The summed E-state index contributed by atoms with van der Waals surface area (Å²) in [6, 6.07) is 4.56. The highest BCUT2D eigenvalue weighted by atomic mass is 32.2. The van der Waals surface area contributed by atoms with Crippen molar-refractivity contribution in [1.29, 1.82) is 0 Å².